The van der Waals surface area contributed by atoms with Crippen LogP contribution in [0, 0.1) is 13.8 Å². The van der Waals surface area contributed by atoms with Crippen LogP contribution >= 0.6 is 0 Å². The van der Waals surface area contributed by atoms with Crippen molar-refractivity contribution in [1.82, 2.24) is 0 Å². The molecule has 0 amide bonds. The van der Waals surface area contributed by atoms with Gasteiger partial charge in [-0.15, -0.1) is 0 Å². The van der Waals surface area contributed by atoms with Crippen molar-refractivity contribution in [3.63, 3.8) is 0 Å². The summed E-state index contributed by atoms with van der Waals surface area (Å²) in [5.74, 6) is 0. The highest BCUT2D eigenvalue weighted by atomic mass is 15.1. The van der Waals surface area contributed by atoms with Crippen molar-refractivity contribution in [2.24, 2.45) is 0 Å². The lowest BCUT2D eigenvalue weighted by Crippen LogP contribution is -2.53. The molecule has 19 heavy (non-hydrogen) atoms. The Kier molecular flexibility index (Phi) is 1.83. The zero-order valence-corrected chi connectivity index (χ0v) is 12.1. The van der Waals surface area contributed by atoms with Crippen LogP contribution < -0.4 is 4.57 Å². The van der Waals surface area contributed by atoms with Gasteiger partial charge in [0.1, 0.15) is 0 Å². The highest BCUT2D eigenvalue weighted by Gasteiger charge is 2.73. The number of hydrogen-bond donors (Lipinski definition) is 0. The monoisotopic (exact) mass is 250 g/mol. The van der Waals surface area contributed by atoms with Gasteiger partial charge in [0, 0.05) is 25.0 Å². The summed E-state index contributed by atoms with van der Waals surface area (Å²) >= 11 is 0. The average Bonchev–Trinajstić information content (AvgIpc) is 2.96. The second kappa shape index (κ2) is 3.09. The lowest BCUT2D eigenvalue weighted by Gasteiger charge is -2.27. The van der Waals surface area contributed by atoms with Crippen LogP contribution in [0.1, 0.15) is 37.0 Å². The zero-order chi connectivity index (χ0) is 13.4. The summed E-state index contributed by atoms with van der Waals surface area (Å²) in [7, 11) is 0. The topological polar surface area (TPSA) is 3.88 Å². The summed E-state index contributed by atoms with van der Waals surface area (Å²) in [5, 5.41) is 0. The molecule has 1 aliphatic carbocycles. The average molecular weight is 250 g/mol. The molecule has 1 aromatic heterocycles. The van der Waals surface area contributed by atoms with Crippen molar-refractivity contribution >= 4 is 0 Å². The van der Waals surface area contributed by atoms with Crippen LogP contribution in [0.5, 0.6) is 0 Å². The first-order valence-corrected chi connectivity index (χ1v) is 7.11. The van der Waals surface area contributed by atoms with E-state index in [-0.39, 0.29) is 5.54 Å². The molecule has 1 nitrogen and oxygen atoms in total. The Morgan fingerprint density at radius 1 is 1.00 bits per heavy atom. The van der Waals surface area contributed by atoms with Gasteiger partial charge in [-0.2, -0.15) is 4.57 Å². The van der Waals surface area contributed by atoms with Crippen LogP contribution in [0.4, 0.5) is 0 Å². The van der Waals surface area contributed by atoms with Crippen LogP contribution in [-0.4, -0.2) is 0 Å². The van der Waals surface area contributed by atoms with Gasteiger partial charge in [0.2, 0.25) is 5.69 Å². The standard InChI is InChI=1S/C18H20N/c1-12-7-5-9-14-15(12)16-13(2)8-6-10-19(16)18(4)11-17(14,18)3/h5-10H,11H2,1-4H3/q+1. The van der Waals surface area contributed by atoms with Gasteiger partial charge < -0.3 is 0 Å². The van der Waals surface area contributed by atoms with Gasteiger partial charge in [-0.05, 0) is 38.0 Å². The molecular formula is C18H20N+. The number of fused-ring (bicyclic) bond motifs is 6. The van der Waals surface area contributed by atoms with E-state index < -0.39 is 0 Å². The van der Waals surface area contributed by atoms with Crippen LogP contribution in [0.25, 0.3) is 11.3 Å². The highest BCUT2D eigenvalue weighted by Crippen LogP contribution is 2.64. The van der Waals surface area contributed by atoms with E-state index in [0.717, 1.165) is 0 Å². The Morgan fingerprint density at radius 2 is 1.74 bits per heavy atom. The third kappa shape index (κ3) is 1.10. The quantitative estimate of drug-likeness (QED) is 0.628. The number of nitrogens with zero attached hydrogens (tertiary/aromatic N) is 1. The molecule has 2 atom stereocenters. The Labute approximate surface area is 114 Å². The number of pyridine rings is 1. The first kappa shape index (κ1) is 11.2. The van der Waals surface area contributed by atoms with E-state index in [4.69, 9.17) is 0 Å². The van der Waals surface area contributed by atoms with E-state index in [0.29, 0.717) is 5.41 Å². The van der Waals surface area contributed by atoms with E-state index in [9.17, 15) is 0 Å². The Morgan fingerprint density at radius 3 is 2.53 bits per heavy atom. The van der Waals surface area contributed by atoms with Crippen LogP contribution in [0.2, 0.25) is 0 Å². The summed E-state index contributed by atoms with van der Waals surface area (Å²) < 4.78 is 2.53. The fourth-order valence-electron chi connectivity index (χ4n) is 4.17. The molecule has 1 saturated carbocycles. The molecule has 0 saturated heterocycles. The molecule has 1 aliphatic heterocycles. The minimum absolute atomic E-state index is 0.259. The molecule has 2 heterocycles. The predicted molar refractivity (Wildman–Crippen MR) is 77.2 cm³/mol. The molecule has 0 N–H and O–H groups in total. The maximum absolute atomic E-state index is 2.53. The SMILES string of the molecule is Cc1cccc2c1-c1c(C)ccc[n+]1C1(C)CC21C. The highest BCUT2D eigenvalue weighted by molar-refractivity contribution is 5.73. The molecule has 1 heteroatoms. The molecule has 0 radical (unpaired) electrons. The van der Waals surface area contributed by atoms with Crippen molar-refractivity contribution in [2.45, 2.75) is 45.1 Å². The van der Waals surface area contributed by atoms with Crippen molar-refractivity contribution in [3.05, 3.63) is 53.2 Å². The van der Waals surface area contributed by atoms with Gasteiger partial charge in [0.25, 0.3) is 0 Å². The van der Waals surface area contributed by atoms with Crippen molar-refractivity contribution in [2.75, 3.05) is 0 Å². The minimum atomic E-state index is 0.259. The molecule has 4 rings (SSSR count). The van der Waals surface area contributed by atoms with E-state index in [2.05, 4.69) is 68.8 Å². The normalized spacial score (nSPS) is 30.3. The fourth-order valence-corrected chi connectivity index (χ4v) is 4.17. The molecule has 0 spiro atoms. The second-order valence-corrected chi connectivity index (χ2v) is 6.69. The van der Waals surface area contributed by atoms with Gasteiger partial charge in [0.05, 0.1) is 11.0 Å². The Bertz CT molecular complexity index is 654. The number of aryl methyl sites for hydroxylation is 2. The Balaban J connectivity index is 2.19. The zero-order valence-electron chi connectivity index (χ0n) is 12.1. The Hall–Kier alpha value is -1.63. The van der Waals surface area contributed by atoms with E-state index in [1.54, 1.807) is 5.56 Å². The summed E-state index contributed by atoms with van der Waals surface area (Å²) in [6, 6.07) is 11.2. The van der Waals surface area contributed by atoms with Gasteiger partial charge in [-0.25, -0.2) is 0 Å². The molecular weight excluding hydrogens is 230 g/mol. The first-order valence-electron chi connectivity index (χ1n) is 7.11. The van der Waals surface area contributed by atoms with Crippen molar-refractivity contribution in [3.8, 4) is 11.3 Å². The van der Waals surface area contributed by atoms with Crippen molar-refractivity contribution in [1.29, 1.82) is 0 Å². The van der Waals surface area contributed by atoms with Gasteiger partial charge in [-0.3, -0.25) is 0 Å². The number of aromatic nitrogens is 1. The molecule has 0 bridgehead atoms. The summed E-state index contributed by atoms with van der Waals surface area (Å²) in [6.45, 7) is 9.30. The number of benzene rings is 1. The van der Waals surface area contributed by atoms with Gasteiger partial charge in [-0.1, -0.05) is 18.2 Å². The number of hydrogen-bond acceptors (Lipinski definition) is 0. The molecule has 1 aromatic carbocycles. The summed E-state index contributed by atoms with van der Waals surface area (Å²) in [4.78, 5) is 0. The van der Waals surface area contributed by atoms with E-state index >= 15 is 0 Å². The minimum Gasteiger partial charge on any atom is -0.192 e. The van der Waals surface area contributed by atoms with E-state index in [1.165, 1.54) is 28.8 Å². The maximum atomic E-state index is 2.53. The van der Waals surface area contributed by atoms with Crippen LogP contribution in [-0.2, 0) is 11.0 Å². The smallest absolute Gasteiger partial charge is 0.192 e. The van der Waals surface area contributed by atoms with E-state index in [1.807, 2.05) is 0 Å². The largest absolute Gasteiger partial charge is 0.216 e. The molecule has 2 aliphatic rings. The van der Waals surface area contributed by atoms with Crippen LogP contribution in [0.3, 0.4) is 0 Å². The van der Waals surface area contributed by atoms with Crippen LogP contribution in [0.15, 0.2) is 36.5 Å². The first-order chi connectivity index (χ1) is 8.99. The molecule has 96 valence electrons. The summed E-state index contributed by atoms with van der Waals surface area (Å²) in [6.07, 6.45) is 3.51. The number of rotatable bonds is 0. The third-order valence-corrected chi connectivity index (χ3v) is 5.59. The fraction of sp³-hybridized carbons (Fsp3) is 0.389. The molecule has 2 aromatic rings. The second-order valence-electron chi connectivity index (χ2n) is 6.69. The van der Waals surface area contributed by atoms with Gasteiger partial charge in [0.15, 0.2) is 11.7 Å². The lowest BCUT2D eigenvalue weighted by molar-refractivity contribution is -0.731. The predicted octanol–water partition coefficient (Wildman–Crippen LogP) is 3.65. The van der Waals surface area contributed by atoms with Crippen molar-refractivity contribution < 1.29 is 4.57 Å². The lowest BCUT2D eigenvalue weighted by atomic mass is 9.81. The summed E-state index contributed by atoms with van der Waals surface area (Å²) in [5.41, 5.74) is 7.79. The molecule has 2 unspecified atom stereocenters. The third-order valence-electron chi connectivity index (χ3n) is 5.59. The maximum Gasteiger partial charge on any atom is 0.216 e. The van der Waals surface area contributed by atoms with Gasteiger partial charge >= 0.3 is 0 Å². The molecule has 1 fully saturated rings.